The van der Waals surface area contributed by atoms with Crippen molar-refractivity contribution in [2.75, 3.05) is 0 Å². The Hall–Kier alpha value is -2.43. The molecule has 0 aliphatic carbocycles. The molecule has 0 radical (unpaired) electrons. The Kier molecular flexibility index (Phi) is 3.21. The van der Waals surface area contributed by atoms with Gasteiger partial charge in [0.2, 0.25) is 0 Å². The average Bonchev–Trinajstić information content (AvgIpc) is 2.74. The summed E-state index contributed by atoms with van der Waals surface area (Å²) in [6.07, 6.45) is -3.34. The summed E-state index contributed by atoms with van der Waals surface area (Å²) in [4.78, 5) is 0. The molecule has 0 saturated carbocycles. The molecule has 2 aromatic rings. The van der Waals surface area contributed by atoms with Crippen molar-refractivity contribution in [1.82, 2.24) is 20.0 Å². The van der Waals surface area contributed by atoms with Crippen LogP contribution in [0.4, 0.5) is 13.2 Å². The van der Waals surface area contributed by atoms with Gasteiger partial charge < -0.3 is 0 Å². The van der Waals surface area contributed by atoms with Crippen LogP contribution in [-0.2, 0) is 13.2 Å². The van der Waals surface area contributed by atoms with Crippen molar-refractivity contribution in [3.05, 3.63) is 28.7 Å². The lowest BCUT2D eigenvalue weighted by molar-refractivity contribution is -0.141. The lowest BCUT2D eigenvalue weighted by Gasteiger charge is -2.09. The molecule has 0 N–H and O–H groups in total. The van der Waals surface area contributed by atoms with Crippen molar-refractivity contribution in [3.8, 4) is 17.3 Å². The van der Waals surface area contributed by atoms with Crippen LogP contribution in [0.1, 0.15) is 22.5 Å². The molecule has 104 valence electrons. The van der Waals surface area contributed by atoms with Crippen LogP contribution >= 0.6 is 0 Å². The highest BCUT2D eigenvalue weighted by atomic mass is 19.4. The molecule has 2 aromatic heterocycles. The average molecular weight is 281 g/mol. The highest BCUT2D eigenvalue weighted by Crippen LogP contribution is 2.36. The van der Waals surface area contributed by atoms with Gasteiger partial charge in [-0.3, -0.25) is 4.68 Å². The Labute approximate surface area is 112 Å². The Morgan fingerprint density at radius 1 is 1.20 bits per heavy atom. The second-order valence-corrected chi connectivity index (χ2v) is 4.32. The Bertz CT molecular complexity index is 709. The van der Waals surface area contributed by atoms with Gasteiger partial charge in [-0.05, 0) is 25.0 Å². The molecule has 0 aliphatic rings. The molecule has 2 heterocycles. The Morgan fingerprint density at radius 2 is 1.85 bits per heavy atom. The number of hydrogen-bond donors (Lipinski definition) is 0. The van der Waals surface area contributed by atoms with E-state index in [1.165, 1.54) is 13.2 Å². The molecule has 0 amide bonds. The van der Waals surface area contributed by atoms with E-state index in [1.807, 2.05) is 6.07 Å². The highest BCUT2D eigenvalue weighted by molar-refractivity contribution is 5.66. The molecular weight excluding hydrogens is 271 g/mol. The number of nitrogens with zero attached hydrogens (tertiary/aromatic N) is 5. The summed E-state index contributed by atoms with van der Waals surface area (Å²) >= 11 is 0. The van der Waals surface area contributed by atoms with Gasteiger partial charge in [-0.15, -0.1) is 10.2 Å². The minimum Gasteiger partial charge on any atom is -0.275 e. The van der Waals surface area contributed by atoms with E-state index >= 15 is 0 Å². The number of halogens is 3. The van der Waals surface area contributed by atoms with Crippen LogP contribution in [-0.4, -0.2) is 20.0 Å². The molecule has 0 bridgehead atoms. The van der Waals surface area contributed by atoms with E-state index in [9.17, 15) is 13.2 Å². The Morgan fingerprint density at radius 3 is 2.40 bits per heavy atom. The van der Waals surface area contributed by atoms with Crippen LogP contribution in [0.25, 0.3) is 11.3 Å². The van der Waals surface area contributed by atoms with E-state index in [0.29, 0.717) is 11.1 Å². The van der Waals surface area contributed by atoms with Crippen LogP contribution < -0.4 is 0 Å². The third-order valence-electron chi connectivity index (χ3n) is 2.98. The SMILES string of the molecule is Cc1c(C#N)nnc(-c2cn(C)nc2C(F)(F)F)c1C. The summed E-state index contributed by atoms with van der Waals surface area (Å²) in [6.45, 7) is 3.23. The lowest BCUT2D eigenvalue weighted by atomic mass is 10.0. The molecule has 2 rings (SSSR count). The van der Waals surface area contributed by atoms with Gasteiger partial charge in [0.15, 0.2) is 11.4 Å². The number of hydrogen-bond acceptors (Lipinski definition) is 4. The van der Waals surface area contributed by atoms with Gasteiger partial charge in [-0.2, -0.15) is 23.5 Å². The van der Waals surface area contributed by atoms with Crippen molar-refractivity contribution in [3.63, 3.8) is 0 Å². The van der Waals surface area contributed by atoms with Crippen LogP contribution in [0.5, 0.6) is 0 Å². The molecule has 0 fully saturated rings. The predicted molar refractivity (Wildman–Crippen MR) is 63.4 cm³/mol. The molecule has 0 unspecified atom stereocenters. The lowest BCUT2D eigenvalue weighted by Crippen LogP contribution is -2.09. The monoisotopic (exact) mass is 281 g/mol. The largest absolute Gasteiger partial charge is 0.435 e. The van der Waals surface area contributed by atoms with E-state index in [0.717, 1.165) is 4.68 Å². The first-order chi connectivity index (χ1) is 9.25. The minimum atomic E-state index is -4.58. The number of alkyl halides is 3. The summed E-state index contributed by atoms with van der Waals surface area (Å²) in [5.74, 6) is 0. The predicted octanol–water partition coefficient (Wildman–Crippen LogP) is 2.38. The molecule has 5 nitrogen and oxygen atoms in total. The van der Waals surface area contributed by atoms with Crippen LogP contribution in [0.2, 0.25) is 0 Å². The van der Waals surface area contributed by atoms with Crippen LogP contribution in [0.15, 0.2) is 6.20 Å². The van der Waals surface area contributed by atoms with E-state index < -0.39 is 11.9 Å². The standard InChI is InChI=1S/C12H10F3N5/c1-6-7(2)10(18-17-9(6)4-16)8-5-20(3)19-11(8)12(13,14)15/h5H,1-3H3. The van der Waals surface area contributed by atoms with Crippen molar-refractivity contribution in [2.24, 2.45) is 7.05 Å². The molecule has 0 saturated heterocycles. The normalized spacial score (nSPS) is 11.4. The maximum absolute atomic E-state index is 12.9. The number of nitriles is 1. The van der Waals surface area contributed by atoms with Crippen molar-refractivity contribution >= 4 is 0 Å². The van der Waals surface area contributed by atoms with Gasteiger partial charge >= 0.3 is 6.18 Å². The first kappa shape index (κ1) is 14.0. The summed E-state index contributed by atoms with van der Waals surface area (Å²) in [5.41, 5.74) is 0.0225. The smallest absolute Gasteiger partial charge is 0.275 e. The maximum Gasteiger partial charge on any atom is 0.435 e. The fraction of sp³-hybridized carbons (Fsp3) is 0.333. The number of aromatic nitrogens is 4. The van der Waals surface area contributed by atoms with E-state index in [2.05, 4.69) is 15.3 Å². The summed E-state index contributed by atoms with van der Waals surface area (Å²) in [7, 11) is 1.40. The van der Waals surface area contributed by atoms with Crippen molar-refractivity contribution in [1.29, 1.82) is 5.26 Å². The van der Waals surface area contributed by atoms with E-state index in [4.69, 9.17) is 5.26 Å². The molecule has 0 aromatic carbocycles. The summed E-state index contributed by atoms with van der Waals surface area (Å²) in [6, 6.07) is 1.85. The molecule has 20 heavy (non-hydrogen) atoms. The summed E-state index contributed by atoms with van der Waals surface area (Å²) in [5, 5.41) is 19.7. The second kappa shape index (κ2) is 4.59. The van der Waals surface area contributed by atoms with Crippen molar-refractivity contribution < 1.29 is 13.2 Å². The maximum atomic E-state index is 12.9. The van der Waals surface area contributed by atoms with Gasteiger partial charge in [0, 0.05) is 13.2 Å². The quantitative estimate of drug-likeness (QED) is 0.804. The third-order valence-corrected chi connectivity index (χ3v) is 2.98. The first-order valence-corrected chi connectivity index (χ1v) is 5.61. The van der Waals surface area contributed by atoms with Gasteiger partial charge in [0.25, 0.3) is 0 Å². The van der Waals surface area contributed by atoms with Crippen molar-refractivity contribution in [2.45, 2.75) is 20.0 Å². The van der Waals surface area contributed by atoms with Gasteiger partial charge in [-0.25, -0.2) is 0 Å². The topological polar surface area (TPSA) is 67.4 Å². The summed E-state index contributed by atoms with van der Waals surface area (Å²) < 4.78 is 39.9. The number of rotatable bonds is 1. The number of aryl methyl sites for hydroxylation is 1. The zero-order valence-corrected chi connectivity index (χ0v) is 10.9. The molecular formula is C12H10F3N5. The van der Waals surface area contributed by atoms with E-state index in [1.54, 1.807) is 13.8 Å². The van der Waals surface area contributed by atoms with Gasteiger partial charge in [0.1, 0.15) is 6.07 Å². The van der Waals surface area contributed by atoms with Gasteiger partial charge in [-0.1, -0.05) is 0 Å². The fourth-order valence-corrected chi connectivity index (χ4v) is 1.84. The van der Waals surface area contributed by atoms with E-state index in [-0.39, 0.29) is 17.0 Å². The van der Waals surface area contributed by atoms with Crippen LogP contribution in [0.3, 0.4) is 0 Å². The molecule has 8 heteroatoms. The third kappa shape index (κ3) is 2.22. The highest BCUT2D eigenvalue weighted by Gasteiger charge is 2.38. The zero-order valence-electron chi connectivity index (χ0n) is 10.9. The Balaban J connectivity index is 2.71. The minimum absolute atomic E-state index is 0.0851. The fourth-order valence-electron chi connectivity index (χ4n) is 1.84. The van der Waals surface area contributed by atoms with Crippen LogP contribution in [0, 0.1) is 25.2 Å². The van der Waals surface area contributed by atoms with Gasteiger partial charge in [0.05, 0.1) is 11.3 Å². The molecule has 0 atom stereocenters. The zero-order chi connectivity index (χ0) is 15.1. The molecule has 0 aliphatic heterocycles. The first-order valence-electron chi connectivity index (χ1n) is 5.61. The molecule has 0 spiro atoms. The second-order valence-electron chi connectivity index (χ2n) is 4.32.